The van der Waals surface area contributed by atoms with Crippen LogP contribution < -0.4 is 4.72 Å². The van der Waals surface area contributed by atoms with Crippen LogP contribution in [-0.4, -0.2) is 23.0 Å². The first-order chi connectivity index (χ1) is 13.6. The molecular weight excluding hydrogens is 407 g/mol. The van der Waals surface area contributed by atoms with E-state index < -0.39 is 27.8 Å². The number of alkyl halides is 3. The standard InChI is InChI=1S/C18H16F3N5O2S/c1-3-26-16-8-12(18(19,20)21)4-7-15(16)24-17(26)11(2)25-29(27,28)14-6-5-13(9-22)23-10-14/h4-8,10-11,25H,3H2,1-2H3/t11-/m1/s1. The van der Waals surface area contributed by atoms with Crippen molar-refractivity contribution in [2.75, 3.05) is 0 Å². The molecule has 0 amide bonds. The van der Waals surface area contributed by atoms with Crippen LogP contribution in [0.4, 0.5) is 13.2 Å². The van der Waals surface area contributed by atoms with Gasteiger partial charge in [0.05, 0.1) is 22.6 Å². The average molecular weight is 423 g/mol. The summed E-state index contributed by atoms with van der Waals surface area (Å²) in [5, 5.41) is 8.76. The first-order valence-electron chi connectivity index (χ1n) is 8.52. The Labute approximate surface area is 164 Å². The van der Waals surface area contributed by atoms with Crippen molar-refractivity contribution >= 4 is 21.1 Å². The van der Waals surface area contributed by atoms with Gasteiger partial charge in [-0.2, -0.15) is 18.4 Å². The van der Waals surface area contributed by atoms with E-state index in [1.54, 1.807) is 19.9 Å². The Kier molecular flexibility index (Phi) is 5.34. The van der Waals surface area contributed by atoms with Crippen molar-refractivity contribution in [3.63, 3.8) is 0 Å². The maximum atomic E-state index is 13.0. The zero-order valence-electron chi connectivity index (χ0n) is 15.4. The van der Waals surface area contributed by atoms with Gasteiger partial charge in [0.2, 0.25) is 10.0 Å². The third-order valence-electron chi connectivity index (χ3n) is 4.30. The molecule has 0 aliphatic carbocycles. The molecule has 152 valence electrons. The molecule has 1 atom stereocenters. The molecular formula is C18H16F3N5O2S. The van der Waals surface area contributed by atoms with Crippen LogP contribution >= 0.6 is 0 Å². The fourth-order valence-electron chi connectivity index (χ4n) is 2.94. The fraction of sp³-hybridized carbons (Fsp3) is 0.278. The predicted molar refractivity (Wildman–Crippen MR) is 98.1 cm³/mol. The molecule has 2 aromatic heterocycles. The van der Waals surface area contributed by atoms with Crippen molar-refractivity contribution in [1.82, 2.24) is 19.3 Å². The van der Waals surface area contributed by atoms with E-state index in [1.165, 1.54) is 22.8 Å². The van der Waals surface area contributed by atoms with Crippen LogP contribution in [0, 0.1) is 11.3 Å². The summed E-state index contributed by atoms with van der Waals surface area (Å²) in [6.07, 6.45) is -3.43. The Bertz CT molecular complexity index is 1200. The third-order valence-corrected chi connectivity index (χ3v) is 5.83. The van der Waals surface area contributed by atoms with Gasteiger partial charge in [-0.3, -0.25) is 0 Å². The van der Waals surface area contributed by atoms with E-state index in [0.717, 1.165) is 18.3 Å². The molecule has 0 aliphatic heterocycles. The lowest BCUT2D eigenvalue weighted by Crippen LogP contribution is -2.29. The van der Waals surface area contributed by atoms with Gasteiger partial charge in [-0.05, 0) is 44.2 Å². The van der Waals surface area contributed by atoms with Gasteiger partial charge in [-0.1, -0.05) is 0 Å². The van der Waals surface area contributed by atoms with Gasteiger partial charge >= 0.3 is 6.18 Å². The highest BCUT2D eigenvalue weighted by molar-refractivity contribution is 7.89. The molecule has 29 heavy (non-hydrogen) atoms. The second-order valence-corrected chi connectivity index (χ2v) is 7.96. The van der Waals surface area contributed by atoms with Crippen LogP contribution in [0.2, 0.25) is 0 Å². The quantitative estimate of drug-likeness (QED) is 0.678. The number of rotatable bonds is 5. The summed E-state index contributed by atoms with van der Waals surface area (Å²) in [5.74, 6) is 0.284. The number of sulfonamides is 1. The lowest BCUT2D eigenvalue weighted by atomic mass is 10.2. The largest absolute Gasteiger partial charge is 0.416 e. The van der Waals surface area contributed by atoms with Crippen LogP contribution in [-0.2, 0) is 22.7 Å². The zero-order valence-corrected chi connectivity index (χ0v) is 16.2. The molecule has 0 radical (unpaired) electrons. The van der Waals surface area contributed by atoms with E-state index in [2.05, 4.69) is 14.7 Å². The number of aryl methyl sites for hydroxylation is 1. The molecule has 0 saturated heterocycles. The van der Waals surface area contributed by atoms with Crippen LogP contribution in [0.1, 0.15) is 37.0 Å². The number of aromatic nitrogens is 3. The van der Waals surface area contributed by atoms with Crippen LogP contribution in [0.15, 0.2) is 41.4 Å². The Morgan fingerprint density at radius 2 is 2.00 bits per heavy atom. The van der Waals surface area contributed by atoms with E-state index in [1.807, 2.05) is 0 Å². The van der Waals surface area contributed by atoms with Crippen molar-refractivity contribution in [3.05, 3.63) is 53.6 Å². The highest BCUT2D eigenvalue weighted by atomic mass is 32.2. The lowest BCUT2D eigenvalue weighted by Gasteiger charge is -2.15. The number of imidazole rings is 1. The van der Waals surface area contributed by atoms with Crippen LogP contribution in [0.3, 0.4) is 0 Å². The highest BCUT2D eigenvalue weighted by Gasteiger charge is 2.31. The van der Waals surface area contributed by atoms with E-state index in [9.17, 15) is 21.6 Å². The SMILES string of the molecule is CCn1c([C@@H](C)NS(=O)(=O)c2ccc(C#N)nc2)nc2ccc(C(F)(F)F)cc21. The van der Waals surface area contributed by atoms with Crippen LogP contribution in [0.5, 0.6) is 0 Å². The van der Waals surface area contributed by atoms with E-state index in [0.29, 0.717) is 12.1 Å². The Hall–Kier alpha value is -2.97. The molecule has 2 heterocycles. The van der Waals surface area contributed by atoms with Crippen molar-refractivity contribution in [1.29, 1.82) is 5.26 Å². The number of pyridine rings is 1. The smallest absolute Gasteiger partial charge is 0.327 e. The Morgan fingerprint density at radius 1 is 1.28 bits per heavy atom. The summed E-state index contributed by atoms with van der Waals surface area (Å²) >= 11 is 0. The van der Waals surface area contributed by atoms with Crippen LogP contribution in [0.25, 0.3) is 11.0 Å². The fourth-order valence-corrected chi connectivity index (χ4v) is 4.09. The topological polar surface area (TPSA) is 101 Å². The molecule has 1 N–H and O–H groups in total. The Morgan fingerprint density at radius 3 is 2.55 bits per heavy atom. The minimum absolute atomic E-state index is 0.0743. The molecule has 11 heteroatoms. The summed E-state index contributed by atoms with van der Waals surface area (Å²) in [6.45, 7) is 3.58. The summed E-state index contributed by atoms with van der Waals surface area (Å²) in [4.78, 5) is 7.92. The number of nitriles is 1. The summed E-state index contributed by atoms with van der Waals surface area (Å²) in [6, 6.07) is 6.71. The van der Waals surface area contributed by atoms with Crippen molar-refractivity contribution in [2.45, 2.75) is 37.5 Å². The van der Waals surface area contributed by atoms with Crippen molar-refractivity contribution in [3.8, 4) is 6.07 Å². The molecule has 0 unspecified atom stereocenters. The number of hydrogen-bond donors (Lipinski definition) is 1. The monoisotopic (exact) mass is 423 g/mol. The molecule has 3 aromatic rings. The van der Waals surface area contributed by atoms with E-state index in [-0.39, 0.29) is 21.9 Å². The molecule has 0 fully saturated rings. The minimum Gasteiger partial charge on any atom is -0.327 e. The second kappa shape index (κ2) is 7.46. The molecule has 1 aromatic carbocycles. The molecule has 0 bridgehead atoms. The summed E-state index contributed by atoms with van der Waals surface area (Å²) in [7, 11) is -3.98. The van der Waals surface area contributed by atoms with Crippen molar-refractivity contribution < 1.29 is 21.6 Å². The van der Waals surface area contributed by atoms with Gasteiger partial charge < -0.3 is 4.57 Å². The molecule has 0 aliphatic rings. The number of nitrogens with one attached hydrogen (secondary N) is 1. The molecule has 0 saturated carbocycles. The van der Waals surface area contributed by atoms with E-state index >= 15 is 0 Å². The highest BCUT2D eigenvalue weighted by Crippen LogP contribution is 2.32. The first-order valence-corrected chi connectivity index (χ1v) is 10.0. The Balaban J connectivity index is 1.97. The van der Waals surface area contributed by atoms with Gasteiger partial charge in [0, 0.05) is 12.7 Å². The van der Waals surface area contributed by atoms with E-state index in [4.69, 9.17) is 5.26 Å². The minimum atomic E-state index is -4.49. The number of halogens is 3. The maximum absolute atomic E-state index is 13.0. The second-order valence-electron chi connectivity index (χ2n) is 6.25. The summed E-state index contributed by atoms with van der Waals surface area (Å²) in [5.41, 5.74) is -0.127. The third kappa shape index (κ3) is 4.08. The number of hydrogen-bond acceptors (Lipinski definition) is 5. The summed E-state index contributed by atoms with van der Waals surface area (Å²) < 4.78 is 68.3. The number of fused-ring (bicyclic) bond motifs is 1. The van der Waals surface area contributed by atoms with Gasteiger partial charge in [0.15, 0.2) is 0 Å². The molecule has 3 rings (SSSR count). The number of benzene rings is 1. The lowest BCUT2D eigenvalue weighted by molar-refractivity contribution is -0.137. The first kappa shape index (κ1) is 20.8. The van der Waals surface area contributed by atoms with Gasteiger partial charge in [0.1, 0.15) is 22.5 Å². The zero-order chi connectivity index (χ0) is 21.4. The average Bonchev–Trinajstić information content (AvgIpc) is 3.05. The van der Waals surface area contributed by atoms with Crippen molar-refractivity contribution in [2.24, 2.45) is 0 Å². The van der Waals surface area contributed by atoms with Gasteiger partial charge in [-0.15, -0.1) is 0 Å². The van der Waals surface area contributed by atoms with Gasteiger partial charge in [0.25, 0.3) is 0 Å². The molecule has 7 nitrogen and oxygen atoms in total. The van der Waals surface area contributed by atoms with Gasteiger partial charge in [-0.25, -0.2) is 23.1 Å². The molecule has 0 spiro atoms. The number of nitrogens with zero attached hydrogens (tertiary/aromatic N) is 4. The normalized spacial score (nSPS) is 13.4. The predicted octanol–water partition coefficient (Wildman–Crippen LogP) is 3.38. The maximum Gasteiger partial charge on any atom is 0.416 e.